The van der Waals surface area contributed by atoms with Gasteiger partial charge in [0, 0.05) is 12.6 Å². The minimum Gasteiger partial charge on any atom is -0.372 e. The molecular weight excluding hydrogens is 222 g/mol. The molecule has 0 fully saturated rings. The van der Waals surface area contributed by atoms with Crippen molar-refractivity contribution in [3.63, 3.8) is 0 Å². The topological polar surface area (TPSA) is 21.3 Å². The lowest BCUT2D eigenvalue weighted by Crippen LogP contribution is -2.33. The van der Waals surface area contributed by atoms with Gasteiger partial charge in [-0.15, -0.1) is 0 Å². The van der Waals surface area contributed by atoms with E-state index < -0.39 is 0 Å². The van der Waals surface area contributed by atoms with Crippen molar-refractivity contribution in [2.75, 3.05) is 13.7 Å². The highest BCUT2D eigenvalue weighted by atomic mass is 16.5. The number of rotatable bonds is 9. The third-order valence-corrected chi connectivity index (χ3v) is 3.33. The van der Waals surface area contributed by atoms with E-state index in [4.69, 9.17) is 4.74 Å². The maximum absolute atomic E-state index is 5.95. The zero-order chi connectivity index (χ0) is 13.2. The highest BCUT2D eigenvalue weighted by Gasteiger charge is 2.21. The van der Waals surface area contributed by atoms with Crippen LogP contribution in [0.2, 0.25) is 0 Å². The number of hydrogen-bond donors (Lipinski definition) is 1. The van der Waals surface area contributed by atoms with Crippen molar-refractivity contribution in [1.82, 2.24) is 5.32 Å². The largest absolute Gasteiger partial charge is 0.372 e. The molecule has 2 heteroatoms. The molecule has 102 valence electrons. The van der Waals surface area contributed by atoms with Gasteiger partial charge in [-0.3, -0.25) is 0 Å². The number of nitrogens with one attached hydrogen (secondary N) is 1. The molecule has 0 radical (unpaired) electrons. The van der Waals surface area contributed by atoms with E-state index in [0.29, 0.717) is 6.04 Å². The number of hydrogen-bond acceptors (Lipinski definition) is 2. The van der Waals surface area contributed by atoms with Crippen molar-refractivity contribution >= 4 is 0 Å². The van der Waals surface area contributed by atoms with Gasteiger partial charge in [0.1, 0.15) is 0 Å². The van der Waals surface area contributed by atoms with Crippen LogP contribution < -0.4 is 5.32 Å². The van der Waals surface area contributed by atoms with Crippen LogP contribution in [-0.4, -0.2) is 19.7 Å². The molecule has 1 aromatic rings. The van der Waals surface area contributed by atoms with Crippen molar-refractivity contribution in [3.8, 4) is 0 Å². The van der Waals surface area contributed by atoms with Gasteiger partial charge < -0.3 is 10.1 Å². The first-order chi connectivity index (χ1) is 8.83. The summed E-state index contributed by atoms with van der Waals surface area (Å²) in [7, 11) is 2.03. The maximum atomic E-state index is 5.95. The standard InChI is InChI=1S/C16H27NO/c1-4-6-8-13-15(17-3)16(18-5-2)14-11-9-7-10-12-14/h7,9-12,15-17H,4-6,8,13H2,1-3H3. The summed E-state index contributed by atoms with van der Waals surface area (Å²) in [6.07, 6.45) is 5.16. The van der Waals surface area contributed by atoms with Crippen molar-refractivity contribution < 1.29 is 4.74 Å². The molecule has 0 heterocycles. The fourth-order valence-corrected chi connectivity index (χ4v) is 2.33. The molecule has 1 aromatic carbocycles. The first-order valence-corrected chi connectivity index (χ1v) is 7.17. The van der Waals surface area contributed by atoms with E-state index in [0.717, 1.165) is 6.61 Å². The molecule has 18 heavy (non-hydrogen) atoms. The number of benzene rings is 1. The molecule has 1 N–H and O–H groups in total. The van der Waals surface area contributed by atoms with Gasteiger partial charge >= 0.3 is 0 Å². The summed E-state index contributed by atoms with van der Waals surface area (Å²) in [5, 5.41) is 3.42. The van der Waals surface area contributed by atoms with Crippen LogP contribution in [-0.2, 0) is 4.74 Å². The summed E-state index contributed by atoms with van der Waals surface area (Å²) in [6.45, 7) is 5.06. The Bertz CT molecular complexity index is 299. The minimum atomic E-state index is 0.165. The van der Waals surface area contributed by atoms with E-state index in [2.05, 4.69) is 49.5 Å². The second kappa shape index (κ2) is 9.12. The second-order valence-corrected chi connectivity index (χ2v) is 4.68. The molecule has 1 rings (SSSR count). The van der Waals surface area contributed by atoms with E-state index in [1.165, 1.54) is 31.2 Å². The van der Waals surface area contributed by atoms with Crippen molar-refractivity contribution in [3.05, 3.63) is 35.9 Å². The Morgan fingerprint density at radius 2 is 1.83 bits per heavy atom. The summed E-state index contributed by atoms with van der Waals surface area (Å²) < 4.78 is 5.95. The average Bonchev–Trinajstić information content (AvgIpc) is 2.43. The Morgan fingerprint density at radius 3 is 2.39 bits per heavy atom. The third kappa shape index (κ3) is 4.79. The highest BCUT2D eigenvalue weighted by Crippen LogP contribution is 2.24. The molecule has 0 spiro atoms. The van der Waals surface area contributed by atoms with Crippen LogP contribution in [0.15, 0.2) is 30.3 Å². The van der Waals surface area contributed by atoms with Crippen molar-refractivity contribution in [2.24, 2.45) is 0 Å². The van der Waals surface area contributed by atoms with Gasteiger partial charge in [0.2, 0.25) is 0 Å². The van der Waals surface area contributed by atoms with E-state index in [9.17, 15) is 0 Å². The van der Waals surface area contributed by atoms with Gasteiger partial charge in [-0.2, -0.15) is 0 Å². The lowest BCUT2D eigenvalue weighted by Gasteiger charge is -2.27. The Balaban J connectivity index is 2.68. The van der Waals surface area contributed by atoms with Crippen LogP contribution in [0.25, 0.3) is 0 Å². The van der Waals surface area contributed by atoms with Crippen LogP contribution in [0, 0.1) is 0 Å². The quantitative estimate of drug-likeness (QED) is 0.669. The molecule has 0 aromatic heterocycles. The Morgan fingerprint density at radius 1 is 1.11 bits per heavy atom. The summed E-state index contributed by atoms with van der Waals surface area (Å²) in [6, 6.07) is 10.9. The summed E-state index contributed by atoms with van der Waals surface area (Å²) in [4.78, 5) is 0. The number of unbranched alkanes of at least 4 members (excludes halogenated alkanes) is 2. The Hall–Kier alpha value is -0.860. The average molecular weight is 249 g/mol. The number of likely N-dealkylation sites (N-methyl/N-ethyl adjacent to an activating group) is 1. The highest BCUT2D eigenvalue weighted by molar-refractivity contribution is 5.19. The van der Waals surface area contributed by atoms with Crippen molar-refractivity contribution in [1.29, 1.82) is 0 Å². The van der Waals surface area contributed by atoms with Crippen LogP contribution in [0.4, 0.5) is 0 Å². The zero-order valence-electron chi connectivity index (χ0n) is 12.0. The van der Waals surface area contributed by atoms with Gasteiger partial charge in [0.25, 0.3) is 0 Å². The van der Waals surface area contributed by atoms with Gasteiger partial charge in [0.05, 0.1) is 6.10 Å². The van der Waals surface area contributed by atoms with Crippen LogP contribution in [0.1, 0.15) is 51.2 Å². The lowest BCUT2D eigenvalue weighted by atomic mass is 9.97. The molecular formula is C16H27NO. The summed E-state index contributed by atoms with van der Waals surface area (Å²) in [5.41, 5.74) is 1.27. The van der Waals surface area contributed by atoms with Crippen LogP contribution >= 0.6 is 0 Å². The fourth-order valence-electron chi connectivity index (χ4n) is 2.33. The molecule has 2 atom stereocenters. The maximum Gasteiger partial charge on any atom is 0.0977 e. The first kappa shape index (κ1) is 15.2. The molecule has 0 bridgehead atoms. The molecule has 2 nitrogen and oxygen atoms in total. The molecule has 0 aliphatic heterocycles. The zero-order valence-corrected chi connectivity index (χ0v) is 12.0. The fraction of sp³-hybridized carbons (Fsp3) is 0.625. The summed E-state index contributed by atoms with van der Waals surface area (Å²) >= 11 is 0. The molecule has 0 saturated heterocycles. The SMILES string of the molecule is CCCCCC(NC)C(OCC)c1ccccc1. The van der Waals surface area contributed by atoms with Gasteiger partial charge in [-0.1, -0.05) is 56.5 Å². The van der Waals surface area contributed by atoms with Crippen LogP contribution in [0.5, 0.6) is 0 Å². The normalized spacial score (nSPS) is 14.4. The molecule has 2 unspecified atom stereocenters. The van der Waals surface area contributed by atoms with Crippen LogP contribution in [0.3, 0.4) is 0 Å². The van der Waals surface area contributed by atoms with E-state index >= 15 is 0 Å². The Labute approximate surface area is 112 Å². The number of ether oxygens (including phenoxy) is 1. The minimum absolute atomic E-state index is 0.165. The molecule has 0 amide bonds. The van der Waals surface area contributed by atoms with Crippen molar-refractivity contribution in [2.45, 2.75) is 51.7 Å². The predicted molar refractivity (Wildman–Crippen MR) is 77.8 cm³/mol. The first-order valence-electron chi connectivity index (χ1n) is 7.17. The lowest BCUT2D eigenvalue weighted by molar-refractivity contribution is 0.0322. The molecule has 0 saturated carbocycles. The third-order valence-electron chi connectivity index (χ3n) is 3.33. The van der Waals surface area contributed by atoms with Gasteiger partial charge in [-0.25, -0.2) is 0 Å². The Kier molecular flexibility index (Phi) is 7.70. The van der Waals surface area contributed by atoms with E-state index in [1.54, 1.807) is 0 Å². The van der Waals surface area contributed by atoms with E-state index in [-0.39, 0.29) is 6.10 Å². The summed E-state index contributed by atoms with van der Waals surface area (Å²) in [5.74, 6) is 0. The van der Waals surface area contributed by atoms with Gasteiger partial charge in [-0.05, 0) is 26.0 Å². The smallest absolute Gasteiger partial charge is 0.0977 e. The predicted octanol–water partition coefficient (Wildman–Crippen LogP) is 3.93. The van der Waals surface area contributed by atoms with E-state index in [1.807, 2.05) is 7.05 Å². The second-order valence-electron chi connectivity index (χ2n) is 4.68. The van der Waals surface area contributed by atoms with Gasteiger partial charge in [0.15, 0.2) is 0 Å². The molecule has 0 aliphatic carbocycles. The molecule has 0 aliphatic rings. The monoisotopic (exact) mass is 249 g/mol.